The molecule has 0 saturated carbocycles. The van der Waals surface area contributed by atoms with E-state index in [2.05, 4.69) is 10.0 Å². The number of sulfonamides is 1. The van der Waals surface area contributed by atoms with Gasteiger partial charge in [-0.3, -0.25) is 4.79 Å². The molecule has 1 aliphatic heterocycles. The van der Waals surface area contributed by atoms with E-state index in [9.17, 15) is 22.4 Å². The maximum absolute atomic E-state index is 15.2. The zero-order valence-electron chi connectivity index (χ0n) is 121. The van der Waals surface area contributed by atoms with Crippen LogP contribution in [0.1, 0.15) is 174 Å². The van der Waals surface area contributed by atoms with Gasteiger partial charge in [0.25, 0.3) is 5.91 Å². The fraction of sp³-hybridized carbons (Fsp3) is 0.429. The Morgan fingerprint density at radius 2 is 2.00 bits per heavy atom. The Kier molecular flexibility index (Phi) is 1.44. The molecule has 10 nitrogen and oxygen atoms in total. The lowest BCUT2D eigenvalue weighted by molar-refractivity contribution is 0.101. The fourth-order valence-corrected chi connectivity index (χ4v) is 5.22. The number of amides is 2. The third kappa shape index (κ3) is 6.10. The third-order valence-corrected chi connectivity index (χ3v) is 7.06. The first-order valence-electron chi connectivity index (χ1n) is 61.5. The summed E-state index contributed by atoms with van der Waals surface area (Å²) in [5.41, 5.74) is 5.73. The van der Waals surface area contributed by atoms with Gasteiger partial charge in [0.1, 0.15) is 16.4 Å². The maximum atomic E-state index is 15.2. The lowest BCUT2D eigenvalue weighted by Gasteiger charge is -2.17. The van der Waals surface area contributed by atoms with E-state index in [1.807, 2.05) is 0 Å². The molecule has 296 valence electrons. The van der Waals surface area contributed by atoms with Crippen molar-refractivity contribution < 1.29 is 183 Å². The number of ether oxygens (including phenoxy) is 1. The molecule has 0 bridgehead atoms. The number of aryl methyl sites for hydroxylation is 2. The summed E-state index contributed by atoms with van der Waals surface area (Å²) in [5, 5.41) is 2.44. The van der Waals surface area contributed by atoms with Crippen molar-refractivity contribution in [2.75, 3.05) is 31.6 Å². The van der Waals surface area contributed by atoms with Gasteiger partial charge in [-0.05, 0) is 44.2 Å². The maximum Gasteiger partial charge on any atom is 0.409 e. The molecule has 1 aromatic heterocycles. The van der Waals surface area contributed by atoms with Crippen LogP contribution in [-0.2, 0) is 21.8 Å². The molecule has 0 radical (unpaired) electrons. The number of carbonyl (C=O) groups is 2. The number of rotatable bonds is 7. The Morgan fingerprint density at radius 3 is 2.60 bits per heavy atom. The second-order valence-corrected chi connectivity index (χ2v) is 9.69. The summed E-state index contributed by atoms with van der Waals surface area (Å²) >= 11 is 0. The Bertz CT molecular complexity index is 1320. The first-order valence-corrected chi connectivity index (χ1v) is 12.0. The van der Waals surface area contributed by atoms with Crippen LogP contribution in [0.2, 0.25) is 0 Å². The summed E-state index contributed by atoms with van der Waals surface area (Å²) < 4.78 is 573. The smallest absolute Gasteiger partial charge is 0.409 e. The van der Waals surface area contributed by atoms with Crippen LogP contribution in [0.4, 0.5) is 19.3 Å². The molecule has 1 fully saturated rings. The SMILES string of the molecule is CCOC(=O)N1CC(CN)C(NS(=O)(=O)c2cn(C)c(C(=O)Nc3ccc(F)c(C)c3)c2F)C1.Cl.[2H][2H].[2H][2H].[2H][2H].[2H][2H].[2H][2H].[2H][2H].[2H][2H].[2H][2H].[2H][2H].[2H][2H].[2H][2H].[2H][2H].[2H][2H].[2H][2H].[2H][2H].[2H][2H].[2H][2H].[2H][2H].[2H][2H].[2H][2H].[2H][2H].[2H][2H].[2H][2H].[2H][2H].[2H][2H].[2H][2H].[2H][2H].[2H][2H].[2H][2H].[2H][2H].[2H][2H].[2H][2H].[2H][2H].[2H][2H].[2H][2H].[2H][2H].[2H][2H].[2H][2H].[2H][2H].[2H][2H].[2H][2H].[2H][2H].[2H][2H].[2H][2H].[2H][2H].[2H][2H].[2H][2H].[2H][2H].[2H][2H].[2H][2H].[2H][2H]. The molecule has 14 heteroatoms. The van der Waals surface area contributed by atoms with Gasteiger partial charge in [-0.15, -0.1) is 12.4 Å². The van der Waals surface area contributed by atoms with Crippen molar-refractivity contribution in [2.24, 2.45) is 18.7 Å². The van der Waals surface area contributed by atoms with Crippen LogP contribution < -0.4 is 15.8 Å². The average molecular weight is 741 g/mol. The van der Waals surface area contributed by atoms with E-state index in [1.54, 1.807) is 6.92 Å². The van der Waals surface area contributed by atoms with Crippen LogP contribution in [0.15, 0.2) is 29.3 Å². The predicted octanol–water partition coefficient (Wildman–Crippen LogP) is 14.5. The van der Waals surface area contributed by atoms with Gasteiger partial charge >= 0.3 is 6.09 Å². The minimum Gasteiger partial charge on any atom is -0.450 e. The Balaban J connectivity index is -0.0000000132. The van der Waals surface area contributed by atoms with Crippen molar-refractivity contribution >= 4 is 40.1 Å². The largest absolute Gasteiger partial charge is 0.450 e. The van der Waals surface area contributed by atoms with Crippen molar-refractivity contribution in [1.82, 2.24) is 14.2 Å². The molecule has 35 heavy (non-hydrogen) atoms. The third-order valence-electron chi connectivity index (χ3n) is 5.58. The molecule has 0 spiro atoms. The summed E-state index contributed by atoms with van der Waals surface area (Å²) in [6.07, 6.45) is 0.390. The van der Waals surface area contributed by atoms with Gasteiger partial charge in [-0.2, -0.15) is 0 Å². The molecule has 4 N–H and O–H groups in total. The molecule has 2 heterocycles. The molecule has 2 amide bonds. The molecule has 1 aliphatic rings. The van der Waals surface area contributed by atoms with Crippen LogP contribution in [0.5, 0.6) is 0 Å². The second kappa shape index (κ2) is 11.3. The Labute approximate surface area is 365 Å². The van der Waals surface area contributed by atoms with Crippen LogP contribution in [0.3, 0.4) is 0 Å². The van der Waals surface area contributed by atoms with Gasteiger partial charge in [0.2, 0.25) is 10.0 Å². The van der Waals surface area contributed by atoms with Crippen molar-refractivity contribution in [3.05, 3.63) is 47.3 Å². The number of aromatic nitrogens is 1. The van der Waals surface area contributed by atoms with Crippen LogP contribution >= 0.6 is 12.4 Å². The standard InChI is InChI=1S/C21H27F2N5O5S.ClH.51H2/c1-4-33-21(30)28-9-13(8-24)16(10-28)26-34(31,32)17-11-27(3)19(18(17)23)20(29)25-14-5-6-15(22)12(2)7-14;;;;;;;;;;;;;;;;;;;;;;;;;;;;;;;;;;;;;;;;;;;;;;;;;;;;/h5-7,11,13,16,26H,4,8-10,24H2,1-3H3,(H,25,29);52*1H/i;;51*1+1D. The number of halogens is 3. The quantitative estimate of drug-likeness (QED) is 0.258. The summed E-state index contributed by atoms with van der Waals surface area (Å²) in [7, 11) is -3.08. The summed E-state index contributed by atoms with van der Waals surface area (Å²) in [5.74, 6) is -3.01. The highest BCUT2D eigenvalue weighted by molar-refractivity contribution is 7.89. The van der Waals surface area contributed by atoms with Gasteiger partial charge in [-0.1, -0.05) is 0 Å². The number of nitrogens with two attached hydrogens (primary N) is 1. The summed E-state index contributed by atoms with van der Waals surface area (Å²) in [6, 6.07) is 3.07. The zero-order valence-corrected chi connectivity index (χ0v) is 21.0. The highest BCUT2D eigenvalue weighted by Crippen LogP contribution is 2.24. The topological polar surface area (TPSA) is 136 Å². The number of hydrogen-bond acceptors (Lipinski definition) is 6. The van der Waals surface area contributed by atoms with E-state index < -0.39 is 56.2 Å². The van der Waals surface area contributed by atoms with E-state index in [0.29, 0.717) is 0 Å². The monoisotopic (exact) mass is 741 g/mol. The molecule has 1 aromatic carbocycles. The predicted molar refractivity (Wildman–Crippen MR) is 235 cm³/mol. The summed E-state index contributed by atoms with van der Waals surface area (Å²) in [4.78, 5) is 25.3. The Hall–Kier alpha value is -2.74. The lowest BCUT2D eigenvalue weighted by Crippen LogP contribution is -2.43. The lowest BCUT2D eigenvalue weighted by atomic mass is 10.1. The van der Waals surface area contributed by atoms with Crippen molar-refractivity contribution in [3.63, 3.8) is 0 Å². The molecule has 2 aromatic rings. The molecule has 2 atom stereocenters. The number of carbonyl (C=O) groups excluding carboxylic acids is 2. The molecule has 3 rings (SSSR count). The van der Waals surface area contributed by atoms with Gasteiger partial charge in [0.05, 0.1) is 6.61 Å². The van der Waals surface area contributed by atoms with Gasteiger partial charge < -0.3 is 25.3 Å². The number of likely N-dealkylation sites (tertiary alicyclic amines) is 1. The molecule has 0 aliphatic carbocycles. The number of nitrogens with zero attached hydrogens (tertiary/aromatic N) is 2. The van der Waals surface area contributed by atoms with Crippen molar-refractivity contribution in [2.45, 2.75) is 24.8 Å². The molecule has 1 saturated heterocycles. The van der Waals surface area contributed by atoms with Crippen LogP contribution in [-0.4, -0.2) is 62.2 Å². The number of anilines is 1. The van der Waals surface area contributed by atoms with Crippen LogP contribution in [0.25, 0.3) is 0 Å². The van der Waals surface area contributed by atoms with Crippen molar-refractivity contribution in [1.29, 1.82) is 0 Å². The molecule has 2 unspecified atom stereocenters. The normalized spacial score (nSPS) is 29.4. The second-order valence-electron chi connectivity index (χ2n) is 8.01. The number of benzene rings is 1. The zero-order chi connectivity index (χ0) is 127. The minimum absolute atomic E-state index is 0. The van der Waals surface area contributed by atoms with E-state index in [4.69, 9.17) is 162 Å². The highest BCUT2D eigenvalue weighted by Gasteiger charge is 2.39. The van der Waals surface area contributed by atoms with Crippen LogP contribution in [0, 0.1) is 24.5 Å². The van der Waals surface area contributed by atoms with E-state index in [1.165, 1.54) is 31.0 Å². The first kappa shape index (κ1) is 4.44. The van der Waals surface area contributed by atoms with Gasteiger partial charge in [0.15, 0.2) is 5.82 Å². The molecular weight excluding hydrogens is 508 g/mol. The van der Waals surface area contributed by atoms with Crippen molar-refractivity contribution in [3.8, 4) is 0 Å². The van der Waals surface area contributed by atoms with Gasteiger partial charge in [0, 0.05) is 195 Å². The highest BCUT2D eigenvalue weighted by atomic mass is 35.5. The molecular formula is C21H130ClF2N5O5S. The van der Waals surface area contributed by atoms with E-state index in [-0.39, 0.29) is 49.9 Å². The first-order chi connectivity index (χ1) is 67.0. The van der Waals surface area contributed by atoms with E-state index in [0.717, 1.165) is 16.8 Å². The summed E-state index contributed by atoms with van der Waals surface area (Å²) in [6.45, 7) is 3.60. The van der Waals surface area contributed by atoms with E-state index >= 15 is 4.39 Å². The average Bonchev–Trinajstić information content (AvgIpc) is 1.63. The number of nitrogens with one attached hydrogen (secondary N) is 2. The Morgan fingerprint density at radius 1 is 1.31 bits per heavy atom. The fourth-order valence-electron chi connectivity index (χ4n) is 3.80. The number of hydrogen-bond donors (Lipinski definition) is 3. The minimum atomic E-state index is -4.41. The van der Waals surface area contributed by atoms with Gasteiger partial charge in [-0.25, -0.2) is 26.7 Å².